The highest BCUT2D eigenvalue weighted by Crippen LogP contribution is 2.33. The molecule has 132 valence electrons. The minimum atomic E-state index is -0.0327. The fraction of sp³-hybridized carbons (Fsp3) is 0.421. The number of amides is 2. The Morgan fingerprint density at radius 1 is 1.24 bits per heavy atom. The number of carbonyl (C=O) groups excluding carboxylic acids is 2. The summed E-state index contributed by atoms with van der Waals surface area (Å²) in [6.45, 7) is 5.81. The Balaban J connectivity index is 1.89. The first-order valence-electron chi connectivity index (χ1n) is 8.73. The zero-order valence-corrected chi connectivity index (χ0v) is 15.0. The van der Waals surface area contributed by atoms with E-state index in [4.69, 9.17) is 0 Å². The van der Waals surface area contributed by atoms with Crippen molar-refractivity contribution in [3.63, 3.8) is 0 Å². The third-order valence-corrected chi connectivity index (χ3v) is 4.85. The predicted molar refractivity (Wildman–Crippen MR) is 96.6 cm³/mol. The van der Waals surface area contributed by atoms with E-state index in [2.05, 4.69) is 5.10 Å². The fourth-order valence-electron chi connectivity index (χ4n) is 3.53. The van der Waals surface area contributed by atoms with Crippen molar-refractivity contribution in [2.75, 3.05) is 24.5 Å². The molecule has 2 amide bonds. The van der Waals surface area contributed by atoms with Gasteiger partial charge in [0.1, 0.15) is 0 Å². The first-order valence-corrected chi connectivity index (χ1v) is 8.73. The maximum Gasteiger partial charge on any atom is 0.257 e. The van der Waals surface area contributed by atoms with Crippen LogP contribution in [0, 0.1) is 0 Å². The van der Waals surface area contributed by atoms with Crippen LogP contribution in [0.5, 0.6) is 0 Å². The molecule has 0 spiro atoms. The van der Waals surface area contributed by atoms with E-state index >= 15 is 0 Å². The van der Waals surface area contributed by atoms with E-state index in [1.807, 2.05) is 51.2 Å². The minimum absolute atomic E-state index is 0.0151. The van der Waals surface area contributed by atoms with Gasteiger partial charge in [0.15, 0.2) is 0 Å². The summed E-state index contributed by atoms with van der Waals surface area (Å²) >= 11 is 0. The van der Waals surface area contributed by atoms with Gasteiger partial charge in [0, 0.05) is 44.7 Å². The average Bonchev–Trinajstić information content (AvgIpc) is 3.19. The first-order chi connectivity index (χ1) is 12.1. The topological polar surface area (TPSA) is 58.4 Å². The summed E-state index contributed by atoms with van der Waals surface area (Å²) in [7, 11) is 1.84. The Kier molecular flexibility index (Phi) is 4.88. The number of para-hydroxylation sites is 1. The van der Waals surface area contributed by atoms with Crippen molar-refractivity contribution >= 4 is 17.5 Å². The van der Waals surface area contributed by atoms with Crippen LogP contribution < -0.4 is 4.90 Å². The molecule has 1 aliphatic heterocycles. The molecule has 1 unspecified atom stereocenters. The van der Waals surface area contributed by atoms with Crippen LogP contribution in [0.15, 0.2) is 36.5 Å². The largest absolute Gasteiger partial charge is 0.339 e. The fourth-order valence-corrected chi connectivity index (χ4v) is 3.53. The molecule has 0 radical (unpaired) electrons. The van der Waals surface area contributed by atoms with Gasteiger partial charge in [-0.25, -0.2) is 0 Å². The standard InChI is InChI=1S/C19H24N4O2/c1-4-22(5-2)19(25)16-12-20-21(3)18(16)14-11-17(24)23(13-14)15-9-7-6-8-10-15/h6-10,12,14H,4-5,11,13H2,1-3H3. The summed E-state index contributed by atoms with van der Waals surface area (Å²) in [5.41, 5.74) is 2.36. The molecule has 3 rings (SSSR count). The third kappa shape index (κ3) is 3.16. The first kappa shape index (κ1) is 17.2. The molecule has 0 aliphatic carbocycles. The molecule has 6 nitrogen and oxygen atoms in total. The Labute approximate surface area is 148 Å². The second-order valence-electron chi connectivity index (χ2n) is 6.29. The Bertz CT molecular complexity index is 765. The van der Waals surface area contributed by atoms with Crippen molar-refractivity contribution in [3.8, 4) is 0 Å². The number of carbonyl (C=O) groups is 2. The summed E-state index contributed by atoms with van der Waals surface area (Å²) in [6, 6.07) is 9.66. The monoisotopic (exact) mass is 340 g/mol. The number of rotatable bonds is 5. The van der Waals surface area contributed by atoms with Crippen LogP contribution in [-0.4, -0.2) is 46.1 Å². The number of aromatic nitrogens is 2. The van der Waals surface area contributed by atoms with E-state index in [0.717, 1.165) is 11.4 Å². The van der Waals surface area contributed by atoms with Gasteiger partial charge in [0.25, 0.3) is 5.91 Å². The highest BCUT2D eigenvalue weighted by Gasteiger charge is 2.36. The van der Waals surface area contributed by atoms with Gasteiger partial charge < -0.3 is 9.80 Å². The van der Waals surface area contributed by atoms with E-state index in [0.29, 0.717) is 31.6 Å². The van der Waals surface area contributed by atoms with Gasteiger partial charge >= 0.3 is 0 Å². The van der Waals surface area contributed by atoms with Crippen molar-refractivity contribution in [2.45, 2.75) is 26.2 Å². The van der Waals surface area contributed by atoms with Crippen LogP contribution in [0.4, 0.5) is 5.69 Å². The van der Waals surface area contributed by atoms with Gasteiger partial charge in [-0.15, -0.1) is 0 Å². The lowest BCUT2D eigenvalue weighted by Crippen LogP contribution is -2.31. The third-order valence-electron chi connectivity index (χ3n) is 4.85. The lowest BCUT2D eigenvalue weighted by Gasteiger charge is -2.20. The van der Waals surface area contributed by atoms with Crippen LogP contribution in [0.3, 0.4) is 0 Å². The van der Waals surface area contributed by atoms with E-state index < -0.39 is 0 Å². The summed E-state index contributed by atoms with van der Waals surface area (Å²) in [6.07, 6.45) is 2.03. The smallest absolute Gasteiger partial charge is 0.257 e. The Morgan fingerprint density at radius 3 is 2.56 bits per heavy atom. The average molecular weight is 340 g/mol. The van der Waals surface area contributed by atoms with Gasteiger partial charge in [-0.3, -0.25) is 14.3 Å². The number of aryl methyl sites for hydroxylation is 1. The Morgan fingerprint density at radius 2 is 1.92 bits per heavy atom. The second kappa shape index (κ2) is 7.09. The van der Waals surface area contributed by atoms with Gasteiger partial charge in [0.2, 0.25) is 5.91 Å². The molecule has 1 aromatic carbocycles. The van der Waals surface area contributed by atoms with Crippen molar-refractivity contribution in [2.24, 2.45) is 7.05 Å². The molecular weight excluding hydrogens is 316 g/mol. The van der Waals surface area contributed by atoms with Crippen molar-refractivity contribution in [1.29, 1.82) is 0 Å². The van der Waals surface area contributed by atoms with Gasteiger partial charge in [-0.05, 0) is 26.0 Å². The highest BCUT2D eigenvalue weighted by atomic mass is 16.2. The van der Waals surface area contributed by atoms with Gasteiger partial charge in [-0.1, -0.05) is 18.2 Å². The number of benzene rings is 1. The van der Waals surface area contributed by atoms with Crippen molar-refractivity contribution in [3.05, 3.63) is 47.8 Å². The van der Waals surface area contributed by atoms with E-state index in [1.54, 1.807) is 20.7 Å². The van der Waals surface area contributed by atoms with Crippen molar-refractivity contribution in [1.82, 2.24) is 14.7 Å². The van der Waals surface area contributed by atoms with E-state index in [9.17, 15) is 9.59 Å². The molecule has 25 heavy (non-hydrogen) atoms. The van der Waals surface area contributed by atoms with Crippen LogP contribution in [0.25, 0.3) is 0 Å². The Hall–Kier alpha value is -2.63. The summed E-state index contributed by atoms with van der Waals surface area (Å²) < 4.78 is 1.74. The molecule has 1 aromatic heterocycles. The molecule has 1 saturated heterocycles. The van der Waals surface area contributed by atoms with Crippen molar-refractivity contribution < 1.29 is 9.59 Å². The molecule has 1 aliphatic rings. The lowest BCUT2D eigenvalue weighted by atomic mass is 10.00. The van der Waals surface area contributed by atoms with Crippen LogP contribution in [0.1, 0.15) is 42.2 Å². The molecule has 1 atom stereocenters. The zero-order chi connectivity index (χ0) is 18.0. The highest BCUT2D eigenvalue weighted by molar-refractivity contribution is 5.98. The van der Waals surface area contributed by atoms with Gasteiger partial charge in [0.05, 0.1) is 17.5 Å². The molecule has 2 heterocycles. The molecule has 6 heteroatoms. The summed E-state index contributed by atoms with van der Waals surface area (Å²) in [5.74, 6) is 0.0343. The normalized spacial score (nSPS) is 17.2. The quantitative estimate of drug-likeness (QED) is 0.840. The molecule has 2 aromatic rings. The molecule has 0 saturated carbocycles. The summed E-state index contributed by atoms with van der Waals surface area (Å²) in [4.78, 5) is 28.9. The molecule has 0 bridgehead atoms. The maximum atomic E-state index is 12.8. The number of nitrogens with zero attached hydrogens (tertiary/aromatic N) is 4. The lowest BCUT2D eigenvalue weighted by molar-refractivity contribution is -0.117. The number of anilines is 1. The van der Waals surface area contributed by atoms with Crippen LogP contribution >= 0.6 is 0 Å². The molecule has 0 N–H and O–H groups in total. The number of hydrogen-bond acceptors (Lipinski definition) is 3. The van der Waals surface area contributed by atoms with E-state index in [1.165, 1.54) is 0 Å². The molecular formula is C19H24N4O2. The predicted octanol–water partition coefficient (Wildman–Crippen LogP) is 2.42. The minimum Gasteiger partial charge on any atom is -0.339 e. The second-order valence-corrected chi connectivity index (χ2v) is 6.29. The number of hydrogen-bond donors (Lipinski definition) is 0. The van der Waals surface area contributed by atoms with Crippen LogP contribution in [-0.2, 0) is 11.8 Å². The summed E-state index contributed by atoms with van der Waals surface area (Å²) in [5, 5.41) is 4.30. The maximum absolute atomic E-state index is 12.8. The SMILES string of the molecule is CCN(CC)C(=O)c1cnn(C)c1C1CC(=O)N(c2ccccc2)C1. The van der Waals surface area contributed by atoms with Crippen LogP contribution in [0.2, 0.25) is 0 Å². The molecule has 1 fully saturated rings. The van der Waals surface area contributed by atoms with E-state index in [-0.39, 0.29) is 17.7 Å². The zero-order valence-electron chi connectivity index (χ0n) is 15.0. The van der Waals surface area contributed by atoms with Gasteiger partial charge in [-0.2, -0.15) is 5.10 Å².